The van der Waals surface area contributed by atoms with Crippen molar-refractivity contribution >= 4 is 22.3 Å². The summed E-state index contributed by atoms with van der Waals surface area (Å²) in [6, 6.07) is 31.6. The van der Waals surface area contributed by atoms with Gasteiger partial charge in [0, 0.05) is 34.9 Å². The maximum atomic E-state index is 12.0. The summed E-state index contributed by atoms with van der Waals surface area (Å²) in [4.78, 5) is 14.9. The van der Waals surface area contributed by atoms with Crippen LogP contribution in [0.4, 0.5) is 11.4 Å². The Balaban J connectivity index is 1.16. The number of rotatable bonds is 14. The molecule has 0 aliphatic carbocycles. The first-order valence-corrected chi connectivity index (χ1v) is 14.8. The highest BCUT2D eigenvalue weighted by atomic mass is 16.5. The number of anilines is 2. The molecule has 5 rings (SSSR count). The Morgan fingerprint density at radius 3 is 2.42 bits per heavy atom. The van der Waals surface area contributed by atoms with E-state index in [4.69, 9.17) is 9.47 Å². The molecule has 0 saturated heterocycles. The van der Waals surface area contributed by atoms with Crippen LogP contribution in [-0.2, 0) is 6.42 Å². The molecule has 0 amide bonds. The Labute approximate surface area is 252 Å². The van der Waals surface area contributed by atoms with Crippen molar-refractivity contribution in [1.82, 2.24) is 10.3 Å². The lowest BCUT2D eigenvalue weighted by molar-refractivity contribution is 0.176. The SMILES string of the molecule is CCCCOc1ccc([C@@H](O)CNCCc2ccc(Nc3ccc(OC)c(-c4ccccc4)c3)cc2)c2ccc(=O)[nH]c12. The zero-order chi connectivity index (χ0) is 30.0. The molecule has 0 spiro atoms. The number of pyridine rings is 1. The second-order valence-corrected chi connectivity index (χ2v) is 10.5. The fourth-order valence-electron chi connectivity index (χ4n) is 5.12. The van der Waals surface area contributed by atoms with Crippen LogP contribution in [0.25, 0.3) is 22.0 Å². The molecule has 0 unspecified atom stereocenters. The van der Waals surface area contributed by atoms with Crippen LogP contribution in [0.3, 0.4) is 0 Å². The molecule has 4 aromatic carbocycles. The highest BCUT2D eigenvalue weighted by Gasteiger charge is 2.15. The maximum Gasteiger partial charge on any atom is 0.248 e. The van der Waals surface area contributed by atoms with Gasteiger partial charge in [-0.15, -0.1) is 0 Å². The summed E-state index contributed by atoms with van der Waals surface area (Å²) >= 11 is 0. The Morgan fingerprint density at radius 1 is 0.884 bits per heavy atom. The summed E-state index contributed by atoms with van der Waals surface area (Å²) < 4.78 is 11.5. The topological polar surface area (TPSA) is 95.6 Å². The second-order valence-electron chi connectivity index (χ2n) is 10.5. The van der Waals surface area contributed by atoms with E-state index in [1.54, 1.807) is 13.2 Å². The number of benzene rings is 4. The molecule has 1 atom stereocenters. The molecule has 0 bridgehead atoms. The molecule has 43 heavy (non-hydrogen) atoms. The standard InChI is InChI=1S/C36H39N3O4/c1-3-4-22-43-34-18-15-29(30-16-19-35(41)39-36(30)34)32(40)24-37-21-20-25-10-12-27(13-11-25)38-28-14-17-33(42-2)31(23-28)26-8-6-5-7-9-26/h5-19,23,32,37-38,40H,3-4,20-22,24H2,1-2H3,(H,39,41)/t32-/m0/s1. The van der Waals surface area contributed by atoms with Gasteiger partial charge >= 0.3 is 0 Å². The molecule has 222 valence electrons. The molecule has 0 fully saturated rings. The van der Waals surface area contributed by atoms with E-state index in [0.29, 0.717) is 24.4 Å². The van der Waals surface area contributed by atoms with E-state index in [1.807, 2.05) is 42.5 Å². The number of aliphatic hydroxyl groups is 1. The smallest absolute Gasteiger partial charge is 0.248 e. The van der Waals surface area contributed by atoms with Crippen LogP contribution in [0.15, 0.2) is 102 Å². The number of aromatic nitrogens is 1. The Morgan fingerprint density at radius 2 is 1.65 bits per heavy atom. The van der Waals surface area contributed by atoms with Crippen molar-refractivity contribution < 1.29 is 14.6 Å². The number of hydrogen-bond acceptors (Lipinski definition) is 6. The highest BCUT2D eigenvalue weighted by molar-refractivity contribution is 5.87. The van der Waals surface area contributed by atoms with Crippen molar-refractivity contribution in [2.24, 2.45) is 0 Å². The van der Waals surface area contributed by atoms with Crippen LogP contribution in [0.1, 0.15) is 37.0 Å². The molecule has 7 heteroatoms. The van der Waals surface area contributed by atoms with Gasteiger partial charge in [0.2, 0.25) is 5.56 Å². The third kappa shape index (κ3) is 7.63. The average Bonchev–Trinajstić information content (AvgIpc) is 3.04. The molecule has 0 aliphatic rings. The second kappa shape index (κ2) is 14.5. The normalized spacial score (nSPS) is 11.8. The fraction of sp³-hybridized carbons (Fsp3) is 0.250. The van der Waals surface area contributed by atoms with E-state index >= 15 is 0 Å². The minimum absolute atomic E-state index is 0.195. The van der Waals surface area contributed by atoms with Crippen LogP contribution in [0.5, 0.6) is 11.5 Å². The zero-order valence-corrected chi connectivity index (χ0v) is 24.7. The molecular weight excluding hydrogens is 538 g/mol. The van der Waals surface area contributed by atoms with Gasteiger partial charge in [0.15, 0.2) is 0 Å². The molecule has 1 aromatic heterocycles. The van der Waals surface area contributed by atoms with Crippen LogP contribution in [0, 0.1) is 0 Å². The Hall–Kier alpha value is -4.59. The molecule has 0 aliphatic heterocycles. The van der Waals surface area contributed by atoms with E-state index in [2.05, 4.69) is 65.0 Å². The minimum Gasteiger partial charge on any atom is -0.496 e. The number of unbranched alkanes of at least 4 members (excludes halogenated alkanes) is 1. The maximum absolute atomic E-state index is 12.0. The monoisotopic (exact) mass is 577 g/mol. The summed E-state index contributed by atoms with van der Waals surface area (Å²) in [5.74, 6) is 1.47. The van der Waals surface area contributed by atoms with Crippen LogP contribution < -0.4 is 25.7 Å². The minimum atomic E-state index is -0.727. The molecule has 0 radical (unpaired) electrons. The summed E-state index contributed by atoms with van der Waals surface area (Å²) in [7, 11) is 1.69. The lowest BCUT2D eigenvalue weighted by Crippen LogP contribution is -2.24. The summed E-state index contributed by atoms with van der Waals surface area (Å²) in [6.45, 7) is 3.80. The number of fused-ring (bicyclic) bond motifs is 1. The third-order valence-electron chi connectivity index (χ3n) is 7.46. The Kier molecular flexibility index (Phi) is 10.1. The lowest BCUT2D eigenvalue weighted by Gasteiger charge is -2.17. The molecule has 0 saturated carbocycles. The summed E-state index contributed by atoms with van der Waals surface area (Å²) in [6.07, 6.45) is 2.06. The van der Waals surface area contributed by atoms with Gasteiger partial charge in [-0.1, -0.05) is 61.9 Å². The molecule has 5 aromatic rings. The van der Waals surface area contributed by atoms with Crippen molar-refractivity contribution in [2.75, 3.05) is 32.1 Å². The number of ether oxygens (including phenoxy) is 2. The first kappa shape index (κ1) is 29.9. The number of H-pyrrole nitrogens is 1. The predicted octanol–water partition coefficient (Wildman–Crippen LogP) is 6.99. The van der Waals surface area contributed by atoms with Gasteiger partial charge in [-0.2, -0.15) is 0 Å². The van der Waals surface area contributed by atoms with E-state index in [0.717, 1.165) is 65.0 Å². The van der Waals surface area contributed by atoms with Crippen molar-refractivity contribution in [3.63, 3.8) is 0 Å². The number of aliphatic hydroxyl groups excluding tert-OH is 1. The third-order valence-corrected chi connectivity index (χ3v) is 7.46. The zero-order valence-electron chi connectivity index (χ0n) is 24.7. The number of hydrogen-bond donors (Lipinski definition) is 4. The average molecular weight is 578 g/mol. The number of nitrogens with one attached hydrogen (secondary N) is 3. The van der Waals surface area contributed by atoms with Crippen molar-refractivity contribution in [2.45, 2.75) is 32.3 Å². The van der Waals surface area contributed by atoms with Gasteiger partial charge in [-0.25, -0.2) is 0 Å². The van der Waals surface area contributed by atoms with Crippen molar-refractivity contribution in [1.29, 1.82) is 0 Å². The van der Waals surface area contributed by atoms with Gasteiger partial charge in [-0.3, -0.25) is 4.79 Å². The highest BCUT2D eigenvalue weighted by Crippen LogP contribution is 2.33. The summed E-state index contributed by atoms with van der Waals surface area (Å²) in [5, 5.41) is 18.6. The van der Waals surface area contributed by atoms with Crippen LogP contribution >= 0.6 is 0 Å². The quantitative estimate of drug-likeness (QED) is 0.106. The number of methoxy groups -OCH3 is 1. The molecule has 4 N–H and O–H groups in total. The van der Waals surface area contributed by atoms with E-state index in [9.17, 15) is 9.90 Å². The van der Waals surface area contributed by atoms with Gasteiger partial charge in [-0.05, 0) is 78.5 Å². The summed E-state index contributed by atoms with van der Waals surface area (Å²) in [5.41, 5.74) is 6.51. The molecular formula is C36H39N3O4. The van der Waals surface area contributed by atoms with Gasteiger partial charge in [0.25, 0.3) is 0 Å². The van der Waals surface area contributed by atoms with Crippen LogP contribution in [-0.4, -0.2) is 36.9 Å². The van der Waals surface area contributed by atoms with Gasteiger partial charge in [0.05, 0.1) is 25.3 Å². The fourth-order valence-corrected chi connectivity index (χ4v) is 5.12. The van der Waals surface area contributed by atoms with Crippen molar-refractivity contribution in [3.8, 4) is 22.6 Å². The predicted molar refractivity (Wildman–Crippen MR) is 175 cm³/mol. The first-order chi connectivity index (χ1) is 21.1. The first-order valence-electron chi connectivity index (χ1n) is 14.8. The Bertz CT molecular complexity index is 1680. The molecule has 7 nitrogen and oxygen atoms in total. The van der Waals surface area contributed by atoms with E-state index in [1.165, 1.54) is 11.6 Å². The largest absolute Gasteiger partial charge is 0.496 e. The van der Waals surface area contributed by atoms with E-state index in [-0.39, 0.29) is 5.56 Å². The van der Waals surface area contributed by atoms with Gasteiger partial charge < -0.3 is 30.2 Å². The van der Waals surface area contributed by atoms with Gasteiger partial charge in [0.1, 0.15) is 11.5 Å². The van der Waals surface area contributed by atoms with E-state index < -0.39 is 6.10 Å². The molecule has 1 heterocycles. The number of aromatic amines is 1. The van der Waals surface area contributed by atoms with Crippen LogP contribution in [0.2, 0.25) is 0 Å². The lowest BCUT2D eigenvalue weighted by atomic mass is 10.0. The van der Waals surface area contributed by atoms with Crippen molar-refractivity contribution in [3.05, 3.63) is 119 Å².